The summed E-state index contributed by atoms with van der Waals surface area (Å²) in [5.41, 5.74) is 0.970. The van der Waals surface area contributed by atoms with Crippen LogP contribution in [0, 0.1) is 12.7 Å². The Bertz CT molecular complexity index is 906. The number of rotatable bonds is 4. The summed E-state index contributed by atoms with van der Waals surface area (Å²) in [7, 11) is -3.60. The monoisotopic (exact) mass is 362 g/mol. The van der Waals surface area contributed by atoms with Gasteiger partial charge >= 0.3 is 0 Å². The average Bonchev–Trinajstić information content (AvgIpc) is 3.13. The van der Waals surface area contributed by atoms with E-state index in [1.54, 1.807) is 13.0 Å². The first-order valence-electron chi connectivity index (χ1n) is 8.05. The van der Waals surface area contributed by atoms with Crippen LogP contribution >= 0.6 is 0 Å². The standard InChI is InChI=1S/C18H19FN2O3S/c1-13-7-8-17(16(19)11-13)20-18(22)14-5-4-6-15(12-14)25(23,24)21-9-2-3-10-21/h4-8,11-12H,2-3,9-10H2,1H3,(H,20,22). The van der Waals surface area contributed by atoms with Crippen LogP contribution < -0.4 is 5.32 Å². The van der Waals surface area contributed by atoms with Crippen LogP contribution in [-0.4, -0.2) is 31.7 Å². The molecule has 1 fully saturated rings. The topological polar surface area (TPSA) is 66.5 Å². The van der Waals surface area contributed by atoms with Gasteiger partial charge in [-0.1, -0.05) is 12.1 Å². The van der Waals surface area contributed by atoms with Crippen molar-refractivity contribution in [2.24, 2.45) is 0 Å². The van der Waals surface area contributed by atoms with Crippen LogP contribution in [0.5, 0.6) is 0 Å². The van der Waals surface area contributed by atoms with E-state index in [0.717, 1.165) is 18.4 Å². The molecule has 5 nitrogen and oxygen atoms in total. The lowest BCUT2D eigenvalue weighted by atomic mass is 10.2. The third kappa shape index (κ3) is 3.72. The van der Waals surface area contributed by atoms with Crippen LogP contribution in [0.2, 0.25) is 0 Å². The Balaban J connectivity index is 1.84. The number of nitrogens with zero attached hydrogens (tertiary/aromatic N) is 1. The number of carbonyl (C=O) groups is 1. The van der Waals surface area contributed by atoms with Gasteiger partial charge in [0.2, 0.25) is 10.0 Å². The number of hydrogen-bond donors (Lipinski definition) is 1. The van der Waals surface area contributed by atoms with Gasteiger partial charge < -0.3 is 5.32 Å². The zero-order valence-electron chi connectivity index (χ0n) is 13.8. The van der Waals surface area contributed by atoms with Gasteiger partial charge in [0.05, 0.1) is 10.6 Å². The fraction of sp³-hybridized carbons (Fsp3) is 0.278. The molecule has 1 heterocycles. The second kappa shape index (κ2) is 6.93. The van der Waals surface area contributed by atoms with E-state index in [1.807, 2.05) is 0 Å². The first kappa shape index (κ1) is 17.6. The maximum absolute atomic E-state index is 13.9. The van der Waals surface area contributed by atoms with Gasteiger partial charge in [-0.05, 0) is 55.7 Å². The van der Waals surface area contributed by atoms with E-state index in [4.69, 9.17) is 0 Å². The van der Waals surface area contributed by atoms with E-state index < -0.39 is 21.7 Å². The van der Waals surface area contributed by atoms with Crippen LogP contribution in [0.4, 0.5) is 10.1 Å². The highest BCUT2D eigenvalue weighted by molar-refractivity contribution is 7.89. The molecule has 0 spiro atoms. The summed E-state index contributed by atoms with van der Waals surface area (Å²) in [5, 5.41) is 2.48. The number of sulfonamides is 1. The second-order valence-corrected chi connectivity index (χ2v) is 8.01. The third-order valence-corrected chi connectivity index (χ3v) is 6.07. The van der Waals surface area contributed by atoms with Crippen molar-refractivity contribution in [1.29, 1.82) is 0 Å². The second-order valence-electron chi connectivity index (χ2n) is 6.08. The number of carbonyl (C=O) groups excluding carboxylic acids is 1. The molecule has 0 atom stereocenters. The molecule has 1 amide bonds. The lowest BCUT2D eigenvalue weighted by molar-refractivity contribution is 0.102. The Hall–Kier alpha value is -2.25. The minimum Gasteiger partial charge on any atom is -0.319 e. The summed E-state index contributed by atoms with van der Waals surface area (Å²) >= 11 is 0. The minimum atomic E-state index is -3.60. The van der Waals surface area contributed by atoms with Crippen molar-refractivity contribution in [2.45, 2.75) is 24.7 Å². The molecule has 25 heavy (non-hydrogen) atoms. The molecule has 132 valence electrons. The molecule has 1 saturated heterocycles. The zero-order chi connectivity index (χ0) is 18.0. The number of anilines is 1. The number of aryl methyl sites for hydroxylation is 1. The fourth-order valence-corrected chi connectivity index (χ4v) is 4.35. The van der Waals surface area contributed by atoms with Gasteiger partial charge in [-0.15, -0.1) is 0 Å². The molecule has 3 rings (SSSR count). The summed E-state index contributed by atoms with van der Waals surface area (Å²) in [5.74, 6) is -1.09. The van der Waals surface area contributed by atoms with E-state index >= 15 is 0 Å². The quantitative estimate of drug-likeness (QED) is 0.908. The van der Waals surface area contributed by atoms with Crippen molar-refractivity contribution in [3.63, 3.8) is 0 Å². The Morgan fingerprint density at radius 1 is 1.12 bits per heavy atom. The van der Waals surface area contributed by atoms with E-state index in [0.29, 0.717) is 13.1 Å². The predicted molar refractivity (Wildman–Crippen MR) is 93.5 cm³/mol. The molecule has 2 aromatic rings. The molecule has 7 heteroatoms. The Morgan fingerprint density at radius 3 is 2.52 bits per heavy atom. The van der Waals surface area contributed by atoms with Gasteiger partial charge in [-0.3, -0.25) is 4.79 Å². The van der Waals surface area contributed by atoms with Crippen LogP contribution in [0.25, 0.3) is 0 Å². The number of benzene rings is 2. The molecule has 0 radical (unpaired) electrons. The third-order valence-electron chi connectivity index (χ3n) is 4.17. The van der Waals surface area contributed by atoms with Crippen molar-refractivity contribution >= 4 is 21.6 Å². The number of amides is 1. The molecule has 1 aliphatic rings. The smallest absolute Gasteiger partial charge is 0.255 e. The van der Waals surface area contributed by atoms with Gasteiger partial charge in [0.15, 0.2) is 0 Å². The average molecular weight is 362 g/mol. The molecule has 2 aromatic carbocycles. The van der Waals surface area contributed by atoms with Crippen LogP contribution in [-0.2, 0) is 10.0 Å². The van der Waals surface area contributed by atoms with Crippen LogP contribution in [0.3, 0.4) is 0 Å². The van der Waals surface area contributed by atoms with E-state index in [2.05, 4.69) is 5.32 Å². The first-order valence-corrected chi connectivity index (χ1v) is 9.50. The minimum absolute atomic E-state index is 0.0587. The predicted octanol–water partition coefficient (Wildman–Crippen LogP) is 3.17. The van der Waals surface area contributed by atoms with Crippen LogP contribution in [0.15, 0.2) is 47.4 Å². The van der Waals surface area contributed by atoms with Crippen molar-refractivity contribution in [3.05, 3.63) is 59.4 Å². The maximum atomic E-state index is 13.9. The number of hydrogen-bond acceptors (Lipinski definition) is 3. The van der Waals surface area contributed by atoms with Crippen molar-refractivity contribution in [3.8, 4) is 0 Å². The van der Waals surface area contributed by atoms with Crippen molar-refractivity contribution < 1.29 is 17.6 Å². The molecular formula is C18H19FN2O3S. The fourth-order valence-electron chi connectivity index (χ4n) is 2.79. The highest BCUT2D eigenvalue weighted by Crippen LogP contribution is 2.22. The summed E-state index contributed by atoms with van der Waals surface area (Å²) in [4.78, 5) is 12.4. The van der Waals surface area contributed by atoms with E-state index in [1.165, 1.54) is 40.7 Å². The molecule has 1 N–H and O–H groups in total. The molecule has 1 aliphatic heterocycles. The van der Waals surface area contributed by atoms with Gasteiger partial charge in [0, 0.05) is 18.7 Å². The van der Waals surface area contributed by atoms with E-state index in [9.17, 15) is 17.6 Å². The van der Waals surface area contributed by atoms with E-state index in [-0.39, 0.29) is 16.1 Å². The Labute approximate surface area is 146 Å². The summed E-state index contributed by atoms with van der Waals surface area (Å²) in [6.07, 6.45) is 1.68. The normalized spacial score (nSPS) is 15.3. The molecular weight excluding hydrogens is 343 g/mol. The van der Waals surface area contributed by atoms with Gasteiger partial charge in [-0.25, -0.2) is 12.8 Å². The molecule has 0 aromatic heterocycles. The SMILES string of the molecule is Cc1ccc(NC(=O)c2cccc(S(=O)(=O)N3CCCC3)c2)c(F)c1. The first-order chi connectivity index (χ1) is 11.9. The number of nitrogens with one attached hydrogen (secondary N) is 1. The molecule has 0 saturated carbocycles. The Kier molecular flexibility index (Phi) is 4.87. The van der Waals surface area contributed by atoms with Gasteiger partial charge in [0.1, 0.15) is 5.82 Å². The highest BCUT2D eigenvalue weighted by atomic mass is 32.2. The highest BCUT2D eigenvalue weighted by Gasteiger charge is 2.27. The van der Waals surface area contributed by atoms with Crippen molar-refractivity contribution in [1.82, 2.24) is 4.31 Å². The summed E-state index contributed by atoms with van der Waals surface area (Å²) < 4.78 is 40.5. The molecule has 0 bridgehead atoms. The van der Waals surface area contributed by atoms with Gasteiger partial charge in [0.25, 0.3) is 5.91 Å². The maximum Gasteiger partial charge on any atom is 0.255 e. The Morgan fingerprint density at radius 2 is 1.84 bits per heavy atom. The van der Waals surface area contributed by atoms with Gasteiger partial charge in [-0.2, -0.15) is 4.31 Å². The number of halogens is 1. The lowest BCUT2D eigenvalue weighted by Gasteiger charge is -2.16. The summed E-state index contributed by atoms with van der Waals surface area (Å²) in [6, 6.07) is 10.3. The molecule has 0 aliphatic carbocycles. The molecule has 0 unspecified atom stereocenters. The van der Waals surface area contributed by atoms with Crippen molar-refractivity contribution in [2.75, 3.05) is 18.4 Å². The lowest BCUT2D eigenvalue weighted by Crippen LogP contribution is -2.28. The summed E-state index contributed by atoms with van der Waals surface area (Å²) in [6.45, 7) is 2.74. The van der Waals surface area contributed by atoms with Crippen LogP contribution in [0.1, 0.15) is 28.8 Å². The zero-order valence-corrected chi connectivity index (χ0v) is 14.6. The largest absolute Gasteiger partial charge is 0.319 e.